The van der Waals surface area contributed by atoms with Gasteiger partial charge >= 0.3 is 16.4 Å². The Morgan fingerprint density at radius 3 is 2.87 bits per heavy atom. The zero-order chi connectivity index (χ0) is 22.2. The van der Waals surface area contributed by atoms with E-state index in [1.807, 2.05) is 0 Å². The quantitative estimate of drug-likeness (QED) is 0.403. The summed E-state index contributed by atoms with van der Waals surface area (Å²) < 4.78 is 49.0. The van der Waals surface area contributed by atoms with Gasteiger partial charge in [-0.25, -0.2) is 0 Å². The first-order chi connectivity index (χ1) is 14.6. The second-order valence-corrected chi connectivity index (χ2v) is 9.63. The Bertz CT molecular complexity index is 1110. The molecule has 1 aromatic rings. The SMILES string of the molecule is C=CCN1CC[C@]23c4c5ccc(OS(=O)(=O)O)c4O[C@H]2C(=O)CC[C@@]3(OC(C)=O)[C@H]1C5. The number of likely N-dealkylation sites (tertiary alicyclic amines) is 1. The van der Waals surface area contributed by atoms with Crippen molar-refractivity contribution < 1.29 is 36.2 Å². The summed E-state index contributed by atoms with van der Waals surface area (Å²) in [5.41, 5.74) is -0.412. The van der Waals surface area contributed by atoms with Crippen LogP contribution in [0.1, 0.15) is 37.3 Å². The summed E-state index contributed by atoms with van der Waals surface area (Å²) >= 11 is 0. The van der Waals surface area contributed by atoms with Gasteiger partial charge in [-0.05, 0) is 30.9 Å². The van der Waals surface area contributed by atoms with Crippen LogP contribution >= 0.6 is 0 Å². The zero-order valence-corrected chi connectivity index (χ0v) is 17.8. The molecular weight excluding hydrogens is 426 g/mol. The maximum atomic E-state index is 13.0. The number of esters is 1. The largest absolute Gasteiger partial charge is 0.477 e. The summed E-state index contributed by atoms with van der Waals surface area (Å²) in [7, 11) is -4.80. The Morgan fingerprint density at radius 2 is 2.19 bits per heavy atom. The van der Waals surface area contributed by atoms with E-state index in [1.165, 1.54) is 13.0 Å². The zero-order valence-electron chi connectivity index (χ0n) is 17.0. The molecule has 1 saturated carbocycles. The van der Waals surface area contributed by atoms with Gasteiger partial charge in [0, 0.05) is 32.0 Å². The molecule has 0 amide bonds. The van der Waals surface area contributed by atoms with Gasteiger partial charge in [0.05, 0.1) is 11.5 Å². The van der Waals surface area contributed by atoms with Crippen molar-refractivity contribution in [3.8, 4) is 11.5 Å². The van der Waals surface area contributed by atoms with Crippen LogP contribution in [-0.2, 0) is 36.6 Å². The molecule has 4 atom stereocenters. The van der Waals surface area contributed by atoms with Gasteiger partial charge in [0.25, 0.3) is 0 Å². The monoisotopic (exact) mass is 449 g/mol. The Morgan fingerprint density at radius 1 is 1.42 bits per heavy atom. The van der Waals surface area contributed by atoms with Crippen molar-refractivity contribution in [2.45, 2.75) is 55.8 Å². The first-order valence-electron chi connectivity index (χ1n) is 10.2. The maximum absolute atomic E-state index is 13.0. The molecule has 166 valence electrons. The van der Waals surface area contributed by atoms with Crippen LogP contribution < -0.4 is 8.92 Å². The molecule has 31 heavy (non-hydrogen) atoms. The van der Waals surface area contributed by atoms with Crippen molar-refractivity contribution in [1.29, 1.82) is 0 Å². The highest BCUT2D eigenvalue weighted by atomic mass is 32.3. The van der Waals surface area contributed by atoms with E-state index in [9.17, 15) is 22.6 Å². The summed E-state index contributed by atoms with van der Waals surface area (Å²) in [5.74, 6) is -0.621. The maximum Gasteiger partial charge on any atom is 0.446 e. The minimum Gasteiger partial charge on any atom is -0.477 e. The highest BCUT2D eigenvalue weighted by molar-refractivity contribution is 7.81. The number of nitrogens with zero attached hydrogens (tertiary/aromatic N) is 1. The highest BCUT2D eigenvalue weighted by Crippen LogP contribution is 2.66. The van der Waals surface area contributed by atoms with E-state index < -0.39 is 33.5 Å². The number of ether oxygens (including phenoxy) is 2. The minimum atomic E-state index is -4.80. The lowest BCUT2D eigenvalue weighted by atomic mass is 9.48. The molecular formula is C21H23NO8S. The van der Waals surface area contributed by atoms with Gasteiger partial charge in [0.1, 0.15) is 5.60 Å². The minimum absolute atomic E-state index is 0.124. The lowest BCUT2D eigenvalue weighted by Gasteiger charge is -2.63. The third-order valence-electron chi connectivity index (χ3n) is 7.20. The fourth-order valence-corrected chi connectivity index (χ4v) is 6.76. The van der Waals surface area contributed by atoms with E-state index in [1.54, 1.807) is 12.1 Å². The molecule has 1 spiro atoms. The number of piperidine rings is 1. The number of hydrogen-bond acceptors (Lipinski definition) is 8. The Kier molecular flexibility index (Phi) is 4.32. The first-order valence-corrected chi connectivity index (χ1v) is 11.6. The van der Waals surface area contributed by atoms with E-state index in [-0.39, 0.29) is 29.7 Å². The summed E-state index contributed by atoms with van der Waals surface area (Å²) in [6.07, 6.45) is 2.42. The molecule has 2 aliphatic carbocycles. The normalized spacial score (nSPS) is 33.3. The van der Waals surface area contributed by atoms with Crippen LogP contribution in [-0.4, -0.2) is 60.5 Å². The number of carbonyl (C=O) groups excluding carboxylic acids is 2. The van der Waals surface area contributed by atoms with Crippen LogP contribution in [0, 0.1) is 0 Å². The summed E-state index contributed by atoms with van der Waals surface area (Å²) in [6, 6.07) is 2.97. The molecule has 2 fully saturated rings. The van der Waals surface area contributed by atoms with E-state index in [2.05, 4.69) is 11.5 Å². The average Bonchev–Trinajstić information content (AvgIpc) is 3.02. The van der Waals surface area contributed by atoms with Crippen molar-refractivity contribution in [1.82, 2.24) is 4.90 Å². The number of ketones is 1. The van der Waals surface area contributed by atoms with E-state index >= 15 is 0 Å². The smallest absolute Gasteiger partial charge is 0.446 e. The number of Topliss-reactive ketones (excluding diaryl/α,β-unsaturated/α-hetero) is 1. The third-order valence-corrected chi connectivity index (χ3v) is 7.59. The van der Waals surface area contributed by atoms with Crippen LogP contribution in [0.15, 0.2) is 24.8 Å². The molecule has 1 N–H and O–H groups in total. The Balaban J connectivity index is 1.79. The molecule has 9 nitrogen and oxygen atoms in total. The van der Waals surface area contributed by atoms with Crippen molar-refractivity contribution in [3.63, 3.8) is 0 Å². The molecule has 10 heteroatoms. The molecule has 0 unspecified atom stereocenters. The van der Waals surface area contributed by atoms with E-state index in [0.717, 1.165) is 5.56 Å². The van der Waals surface area contributed by atoms with Crippen LogP contribution in [0.25, 0.3) is 0 Å². The average molecular weight is 449 g/mol. The number of benzene rings is 1. The van der Waals surface area contributed by atoms with Gasteiger partial charge in [0.2, 0.25) is 0 Å². The first kappa shape index (κ1) is 20.5. The van der Waals surface area contributed by atoms with Crippen LogP contribution in [0.5, 0.6) is 11.5 Å². The van der Waals surface area contributed by atoms with E-state index in [4.69, 9.17) is 13.7 Å². The number of rotatable bonds is 5. The number of carbonyl (C=O) groups is 2. The molecule has 2 bridgehead atoms. The van der Waals surface area contributed by atoms with Gasteiger partial charge < -0.3 is 13.7 Å². The second-order valence-electron chi connectivity index (χ2n) is 8.61. The summed E-state index contributed by atoms with van der Waals surface area (Å²) in [4.78, 5) is 27.6. The van der Waals surface area contributed by atoms with Crippen molar-refractivity contribution in [2.24, 2.45) is 0 Å². The second kappa shape index (κ2) is 6.54. The molecule has 2 heterocycles. The van der Waals surface area contributed by atoms with Gasteiger partial charge in [-0.2, -0.15) is 8.42 Å². The molecule has 1 saturated heterocycles. The molecule has 0 aromatic heterocycles. The molecule has 2 aliphatic heterocycles. The fourth-order valence-electron chi connectivity index (χ4n) is 6.40. The van der Waals surface area contributed by atoms with E-state index in [0.29, 0.717) is 37.9 Å². The summed E-state index contributed by atoms with van der Waals surface area (Å²) in [6.45, 7) is 6.44. The molecule has 4 aliphatic rings. The standard InChI is InChI=1S/C21H23NO8S/c1-3-9-22-10-8-20-17-13-4-5-15(30-31(25,26)27)18(17)28-19(20)14(24)6-7-21(20,16(22)11-13)29-12(2)23/h3-5,16,19H,1,6-11H2,2H3,(H,25,26,27)/t16-,19+,20+,21-/m1/s1. The van der Waals surface area contributed by atoms with Gasteiger partial charge in [-0.3, -0.25) is 19.0 Å². The van der Waals surface area contributed by atoms with Crippen LogP contribution in [0.2, 0.25) is 0 Å². The lowest BCUT2D eigenvalue weighted by Crippen LogP contribution is -2.77. The fraction of sp³-hybridized carbons (Fsp3) is 0.524. The van der Waals surface area contributed by atoms with Gasteiger partial charge in [-0.15, -0.1) is 6.58 Å². The molecule has 1 aromatic carbocycles. The Hall–Kier alpha value is -2.43. The van der Waals surface area contributed by atoms with Crippen molar-refractivity contribution in [3.05, 3.63) is 35.9 Å². The van der Waals surface area contributed by atoms with Gasteiger partial charge in [0.15, 0.2) is 23.4 Å². The Labute approximate surface area is 179 Å². The predicted molar refractivity (Wildman–Crippen MR) is 107 cm³/mol. The highest BCUT2D eigenvalue weighted by Gasteiger charge is 2.75. The number of hydrogen-bond donors (Lipinski definition) is 1. The molecule has 0 radical (unpaired) electrons. The lowest BCUT2D eigenvalue weighted by molar-refractivity contribution is -0.213. The van der Waals surface area contributed by atoms with Gasteiger partial charge in [-0.1, -0.05) is 12.1 Å². The third kappa shape index (κ3) is 2.64. The van der Waals surface area contributed by atoms with Crippen LogP contribution in [0.4, 0.5) is 0 Å². The summed E-state index contributed by atoms with van der Waals surface area (Å²) in [5, 5.41) is 0. The topological polar surface area (TPSA) is 119 Å². The predicted octanol–water partition coefficient (Wildman–Crippen LogP) is 1.35. The molecule has 5 rings (SSSR count). The van der Waals surface area contributed by atoms with Crippen molar-refractivity contribution in [2.75, 3.05) is 13.1 Å². The van der Waals surface area contributed by atoms with Crippen molar-refractivity contribution >= 4 is 22.2 Å². The van der Waals surface area contributed by atoms with Crippen LogP contribution in [0.3, 0.4) is 0 Å².